The van der Waals surface area contributed by atoms with Crippen molar-refractivity contribution in [1.29, 1.82) is 0 Å². The number of carbonyl (C=O) groups excluding carboxylic acids is 1. The molecule has 0 heterocycles. The molecule has 1 aliphatic rings. The van der Waals surface area contributed by atoms with Crippen LogP contribution >= 0.6 is 0 Å². The Morgan fingerprint density at radius 3 is 3.09 bits per heavy atom. The Hall–Kier alpha value is -1.09. The highest BCUT2D eigenvalue weighted by molar-refractivity contribution is 5.91. The van der Waals surface area contributed by atoms with E-state index >= 15 is 0 Å². The van der Waals surface area contributed by atoms with Gasteiger partial charge in [-0.2, -0.15) is 0 Å². The van der Waals surface area contributed by atoms with Crippen molar-refractivity contribution in [2.75, 3.05) is 7.11 Å². The summed E-state index contributed by atoms with van der Waals surface area (Å²) in [6.45, 7) is 0. The second kappa shape index (κ2) is 3.34. The molecule has 0 aliphatic heterocycles. The van der Waals surface area contributed by atoms with Crippen LogP contribution in [0.15, 0.2) is 23.8 Å². The third kappa shape index (κ3) is 1.91. The number of ether oxygens (including phenoxy) is 1. The van der Waals surface area contributed by atoms with Gasteiger partial charge in [0.05, 0.1) is 18.8 Å². The molecule has 0 radical (unpaired) electrons. The Balaban J connectivity index is 2.71. The maximum atomic E-state index is 10.9. The van der Waals surface area contributed by atoms with E-state index < -0.39 is 12.1 Å². The molecule has 1 rings (SSSR count). The first-order valence-corrected chi connectivity index (χ1v) is 3.39. The highest BCUT2D eigenvalue weighted by Gasteiger charge is 2.11. The zero-order valence-electron chi connectivity index (χ0n) is 6.28. The van der Waals surface area contributed by atoms with Gasteiger partial charge in [-0.25, -0.2) is 4.79 Å². The zero-order valence-corrected chi connectivity index (χ0v) is 6.28. The van der Waals surface area contributed by atoms with Gasteiger partial charge in [-0.15, -0.1) is 0 Å². The van der Waals surface area contributed by atoms with Crippen LogP contribution in [0, 0.1) is 0 Å². The average molecular weight is 154 g/mol. The summed E-state index contributed by atoms with van der Waals surface area (Å²) in [5, 5.41) is 9.09. The van der Waals surface area contributed by atoms with Crippen molar-refractivity contribution in [3.05, 3.63) is 23.8 Å². The van der Waals surface area contributed by atoms with E-state index in [0.29, 0.717) is 12.0 Å². The first kappa shape index (κ1) is 8.01. The second-order valence-corrected chi connectivity index (χ2v) is 2.32. The fraction of sp³-hybridized carbons (Fsp3) is 0.375. The summed E-state index contributed by atoms with van der Waals surface area (Å²) in [7, 11) is 1.32. The zero-order chi connectivity index (χ0) is 8.27. The normalized spacial score (nSPS) is 22.7. The molecule has 60 valence electrons. The van der Waals surface area contributed by atoms with Gasteiger partial charge < -0.3 is 9.84 Å². The Labute approximate surface area is 65.0 Å². The Kier molecular flexibility index (Phi) is 2.44. The van der Waals surface area contributed by atoms with Gasteiger partial charge in [0, 0.05) is 0 Å². The molecular formula is C8H10O3. The number of aliphatic hydroxyl groups excluding tert-OH is 1. The molecule has 0 aromatic carbocycles. The number of hydrogen-bond acceptors (Lipinski definition) is 3. The predicted molar refractivity (Wildman–Crippen MR) is 39.9 cm³/mol. The van der Waals surface area contributed by atoms with E-state index in [1.165, 1.54) is 13.2 Å². The smallest absolute Gasteiger partial charge is 0.337 e. The molecular weight excluding hydrogens is 144 g/mol. The van der Waals surface area contributed by atoms with Crippen molar-refractivity contribution in [3.8, 4) is 0 Å². The summed E-state index contributed by atoms with van der Waals surface area (Å²) >= 11 is 0. The van der Waals surface area contributed by atoms with Crippen molar-refractivity contribution >= 4 is 5.97 Å². The topological polar surface area (TPSA) is 46.5 Å². The molecule has 3 heteroatoms. The first-order valence-electron chi connectivity index (χ1n) is 3.39. The van der Waals surface area contributed by atoms with Crippen LogP contribution in [0.5, 0.6) is 0 Å². The van der Waals surface area contributed by atoms with Crippen molar-refractivity contribution in [2.45, 2.75) is 12.5 Å². The maximum Gasteiger partial charge on any atom is 0.337 e. The van der Waals surface area contributed by atoms with Crippen LogP contribution in [0.4, 0.5) is 0 Å². The Morgan fingerprint density at radius 2 is 2.55 bits per heavy atom. The fourth-order valence-electron chi connectivity index (χ4n) is 0.919. The van der Waals surface area contributed by atoms with Gasteiger partial charge in [-0.3, -0.25) is 0 Å². The minimum Gasteiger partial charge on any atom is -0.465 e. The van der Waals surface area contributed by atoms with Crippen LogP contribution in [0.1, 0.15) is 6.42 Å². The van der Waals surface area contributed by atoms with Crippen molar-refractivity contribution in [2.24, 2.45) is 0 Å². The number of carbonyl (C=O) groups is 1. The number of aliphatic hydroxyl groups is 1. The molecule has 0 amide bonds. The van der Waals surface area contributed by atoms with Gasteiger partial charge in [0.1, 0.15) is 0 Å². The van der Waals surface area contributed by atoms with Gasteiger partial charge in [0.15, 0.2) is 0 Å². The third-order valence-corrected chi connectivity index (χ3v) is 1.47. The van der Waals surface area contributed by atoms with E-state index in [2.05, 4.69) is 4.74 Å². The number of hydrogen-bond donors (Lipinski definition) is 1. The van der Waals surface area contributed by atoms with E-state index in [1.54, 1.807) is 12.2 Å². The lowest BCUT2D eigenvalue weighted by atomic mass is 10.1. The lowest BCUT2D eigenvalue weighted by molar-refractivity contribution is -0.135. The highest BCUT2D eigenvalue weighted by Crippen LogP contribution is 2.11. The summed E-state index contributed by atoms with van der Waals surface area (Å²) in [5.41, 5.74) is 0.422. The lowest BCUT2D eigenvalue weighted by Gasteiger charge is -2.08. The van der Waals surface area contributed by atoms with Crippen LogP contribution in [0.3, 0.4) is 0 Å². The molecule has 0 aromatic heterocycles. The first-order chi connectivity index (χ1) is 5.24. The highest BCUT2D eigenvalue weighted by atomic mass is 16.5. The summed E-state index contributed by atoms with van der Waals surface area (Å²) in [6.07, 6.45) is 4.91. The minimum atomic E-state index is -0.547. The molecule has 1 atom stereocenters. The van der Waals surface area contributed by atoms with E-state index in [1.807, 2.05) is 0 Å². The van der Waals surface area contributed by atoms with Crippen LogP contribution in [-0.4, -0.2) is 24.3 Å². The quantitative estimate of drug-likeness (QED) is 0.556. The summed E-state index contributed by atoms with van der Waals surface area (Å²) in [6, 6.07) is 0. The third-order valence-electron chi connectivity index (χ3n) is 1.47. The molecule has 3 nitrogen and oxygen atoms in total. The molecule has 0 saturated carbocycles. The largest absolute Gasteiger partial charge is 0.465 e. The molecule has 0 saturated heterocycles. The summed E-state index contributed by atoms with van der Waals surface area (Å²) in [5.74, 6) is -0.403. The summed E-state index contributed by atoms with van der Waals surface area (Å²) < 4.78 is 4.47. The second-order valence-electron chi connectivity index (χ2n) is 2.32. The van der Waals surface area contributed by atoms with Crippen molar-refractivity contribution in [3.63, 3.8) is 0 Å². The Morgan fingerprint density at radius 1 is 1.82 bits per heavy atom. The number of methoxy groups -OCH3 is 1. The van der Waals surface area contributed by atoms with Gasteiger partial charge in [-0.05, 0) is 12.5 Å². The van der Waals surface area contributed by atoms with E-state index in [9.17, 15) is 4.79 Å². The molecule has 0 spiro atoms. The lowest BCUT2D eigenvalue weighted by Crippen LogP contribution is -2.11. The van der Waals surface area contributed by atoms with Crippen LogP contribution in [0.2, 0.25) is 0 Å². The van der Waals surface area contributed by atoms with Crippen molar-refractivity contribution in [1.82, 2.24) is 0 Å². The monoisotopic (exact) mass is 154 g/mol. The average Bonchev–Trinajstić information content (AvgIpc) is 2.03. The maximum absolute atomic E-state index is 10.9. The molecule has 11 heavy (non-hydrogen) atoms. The van der Waals surface area contributed by atoms with Gasteiger partial charge in [0.2, 0.25) is 0 Å². The molecule has 1 N–H and O–H groups in total. The van der Waals surface area contributed by atoms with Crippen LogP contribution in [-0.2, 0) is 9.53 Å². The predicted octanol–water partition coefficient (Wildman–Crippen LogP) is 0.407. The standard InChI is InChI=1S/C8H10O3/c1-11-8(10)6-3-2-4-7(9)5-6/h2-3,5,7,9H,4H2,1H3/t7-/m1/s1. The molecule has 0 aromatic rings. The van der Waals surface area contributed by atoms with Gasteiger partial charge in [0.25, 0.3) is 0 Å². The van der Waals surface area contributed by atoms with E-state index in [4.69, 9.17) is 5.11 Å². The van der Waals surface area contributed by atoms with E-state index in [0.717, 1.165) is 0 Å². The number of esters is 1. The molecule has 0 fully saturated rings. The molecule has 1 aliphatic carbocycles. The molecule has 0 unspecified atom stereocenters. The summed E-state index contributed by atoms with van der Waals surface area (Å²) in [4.78, 5) is 10.9. The van der Waals surface area contributed by atoms with Crippen LogP contribution < -0.4 is 0 Å². The minimum absolute atomic E-state index is 0.403. The Bertz CT molecular complexity index is 215. The SMILES string of the molecule is COC(=O)C1=C[C@H](O)CC=C1. The number of rotatable bonds is 1. The van der Waals surface area contributed by atoms with Crippen molar-refractivity contribution < 1.29 is 14.6 Å². The van der Waals surface area contributed by atoms with Crippen LogP contribution in [0.25, 0.3) is 0 Å². The van der Waals surface area contributed by atoms with Gasteiger partial charge >= 0.3 is 5.97 Å². The fourth-order valence-corrected chi connectivity index (χ4v) is 0.919. The van der Waals surface area contributed by atoms with Gasteiger partial charge in [-0.1, -0.05) is 12.2 Å². The van der Waals surface area contributed by atoms with E-state index in [-0.39, 0.29) is 0 Å². The molecule has 0 bridgehead atoms.